The van der Waals surface area contributed by atoms with Crippen LogP contribution in [-0.4, -0.2) is 72.3 Å². The standard InChI is InChI=1S/C20H26N4O5S3/c1-23-18(11-15-7-9-31(26,27)13-15)21-22-20(23)30-12-19(25)24(16-5-3-2-4-6-16)17-8-10-32(28,29)14-17/h2-6,15,17H,7-14H2,1H3/t15-,17+/m0/s1. The van der Waals surface area contributed by atoms with Crippen LogP contribution in [-0.2, 0) is 37.9 Å². The van der Waals surface area contributed by atoms with E-state index >= 15 is 0 Å². The molecule has 0 spiro atoms. The molecule has 2 aromatic rings. The number of rotatable bonds is 7. The number of aromatic nitrogens is 3. The summed E-state index contributed by atoms with van der Waals surface area (Å²) in [5.41, 5.74) is 0.682. The first-order valence-electron chi connectivity index (χ1n) is 10.4. The van der Waals surface area contributed by atoms with Crippen molar-refractivity contribution in [2.24, 2.45) is 13.0 Å². The van der Waals surface area contributed by atoms with Crippen LogP contribution < -0.4 is 4.90 Å². The van der Waals surface area contributed by atoms with Gasteiger partial charge in [-0.2, -0.15) is 0 Å². The molecule has 12 heteroatoms. The van der Waals surface area contributed by atoms with Crippen LogP contribution in [0.25, 0.3) is 0 Å². The molecule has 4 rings (SSSR count). The molecular weight excluding hydrogens is 472 g/mol. The molecule has 1 aromatic heterocycles. The second-order valence-corrected chi connectivity index (χ2v) is 13.8. The zero-order chi connectivity index (χ0) is 22.9. The van der Waals surface area contributed by atoms with Gasteiger partial charge in [0.1, 0.15) is 5.82 Å². The predicted octanol–water partition coefficient (Wildman–Crippen LogP) is 1.10. The number of thioether (sulfide) groups is 1. The van der Waals surface area contributed by atoms with E-state index in [1.807, 2.05) is 37.4 Å². The molecule has 1 aromatic carbocycles. The number of nitrogens with zero attached hydrogens (tertiary/aromatic N) is 4. The van der Waals surface area contributed by atoms with Crippen molar-refractivity contribution in [3.05, 3.63) is 36.2 Å². The highest BCUT2D eigenvalue weighted by Gasteiger charge is 2.35. The molecular formula is C20H26N4O5S3. The van der Waals surface area contributed by atoms with Gasteiger partial charge >= 0.3 is 0 Å². The van der Waals surface area contributed by atoms with E-state index in [1.165, 1.54) is 11.8 Å². The Morgan fingerprint density at radius 1 is 1.06 bits per heavy atom. The molecule has 2 atom stereocenters. The fraction of sp³-hybridized carbons (Fsp3) is 0.550. The molecule has 0 radical (unpaired) electrons. The Hall–Kier alpha value is -1.92. The minimum Gasteiger partial charge on any atom is -0.309 e. The lowest BCUT2D eigenvalue weighted by molar-refractivity contribution is -0.116. The van der Waals surface area contributed by atoms with Gasteiger partial charge in [-0.3, -0.25) is 4.79 Å². The first-order chi connectivity index (χ1) is 15.1. The van der Waals surface area contributed by atoms with Gasteiger partial charge in [0.25, 0.3) is 0 Å². The van der Waals surface area contributed by atoms with E-state index in [4.69, 9.17) is 0 Å². The number of sulfone groups is 2. The van der Waals surface area contributed by atoms with Crippen LogP contribution in [0, 0.1) is 5.92 Å². The Kier molecular flexibility index (Phi) is 6.64. The first kappa shape index (κ1) is 23.2. The SMILES string of the molecule is Cn1c(C[C@@H]2CCS(=O)(=O)C2)nnc1SCC(=O)N(c1ccccc1)[C@@H]1CCS(=O)(=O)C1. The number of amides is 1. The zero-order valence-electron chi connectivity index (χ0n) is 17.8. The second-order valence-electron chi connectivity index (χ2n) is 8.38. The number of benzene rings is 1. The Morgan fingerprint density at radius 2 is 1.75 bits per heavy atom. The quantitative estimate of drug-likeness (QED) is 0.521. The van der Waals surface area contributed by atoms with Gasteiger partial charge in [0.15, 0.2) is 24.8 Å². The molecule has 174 valence electrons. The highest BCUT2D eigenvalue weighted by atomic mass is 32.2. The van der Waals surface area contributed by atoms with Gasteiger partial charge in [-0.1, -0.05) is 30.0 Å². The summed E-state index contributed by atoms with van der Waals surface area (Å²) in [5.74, 6) is 1.10. The molecule has 0 bridgehead atoms. The first-order valence-corrected chi connectivity index (χ1v) is 15.1. The van der Waals surface area contributed by atoms with Crippen molar-refractivity contribution >= 4 is 43.0 Å². The minimum atomic E-state index is -3.14. The number of carbonyl (C=O) groups excluding carboxylic acids is 1. The van der Waals surface area contributed by atoms with Gasteiger partial charge < -0.3 is 9.47 Å². The highest BCUT2D eigenvalue weighted by Crippen LogP contribution is 2.27. The summed E-state index contributed by atoms with van der Waals surface area (Å²) in [4.78, 5) is 14.8. The molecule has 2 aliphatic rings. The summed E-state index contributed by atoms with van der Waals surface area (Å²) >= 11 is 1.25. The summed E-state index contributed by atoms with van der Waals surface area (Å²) in [6.45, 7) is 0. The van der Waals surface area contributed by atoms with Gasteiger partial charge in [0.05, 0.1) is 34.8 Å². The number of hydrogen-bond donors (Lipinski definition) is 0. The summed E-state index contributed by atoms with van der Waals surface area (Å²) in [5, 5.41) is 8.95. The zero-order valence-corrected chi connectivity index (χ0v) is 20.2. The maximum absolute atomic E-state index is 13.2. The molecule has 3 heterocycles. The summed E-state index contributed by atoms with van der Waals surface area (Å²) < 4.78 is 49.2. The number of hydrogen-bond acceptors (Lipinski definition) is 8. The molecule has 2 aliphatic heterocycles. The van der Waals surface area contributed by atoms with Crippen molar-refractivity contribution in [3.8, 4) is 0 Å². The largest absolute Gasteiger partial charge is 0.309 e. The molecule has 32 heavy (non-hydrogen) atoms. The van der Waals surface area contributed by atoms with E-state index in [9.17, 15) is 21.6 Å². The van der Waals surface area contributed by atoms with Crippen LogP contribution in [0.1, 0.15) is 18.7 Å². The van der Waals surface area contributed by atoms with Gasteiger partial charge in [-0.25, -0.2) is 16.8 Å². The minimum absolute atomic E-state index is 0.0310. The number of para-hydroxylation sites is 1. The van der Waals surface area contributed by atoms with Crippen molar-refractivity contribution in [1.29, 1.82) is 0 Å². The predicted molar refractivity (Wildman–Crippen MR) is 123 cm³/mol. The lowest BCUT2D eigenvalue weighted by Crippen LogP contribution is -2.42. The van der Waals surface area contributed by atoms with Crippen LogP contribution >= 0.6 is 11.8 Å². The second kappa shape index (κ2) is 9.14. The van der Waals surface area contributed by atoms with E-state index in [0.29, 0.717) is 35.9 Å². The third kappa shape index (κ3) is 5.34. The van der Waals surface area contributed by atoms with Crippen LogP contribution in [0.15, 0.2) is 35.5 Å². The fourth-order valence-corrected chi connectivity index (χ4v) is 8.61. The van der Waals surface area contributed by atoms with Crippen LogP contribution in [0.5, 0.6) is 0 Å². The lowest BCUT2D eigenvalue weighted by Gasteiger charge is -2.28. The Balaban J connectivity index is 1.44. The Bertz CT molecular complexity index is 1200. The third-order valence-corrected chi connectivity index (χ3v) is 10.5. The molecule has 1 amide bonds. The van der Waals surface area contributed by atoms with E-state index < -0.39 is 19.7 Å². The van der Waals surface area contributed by atoms with Gasteiger partial charge in [-0.05, 0) is 30.9 Å². The van der Waals surface area contributed by atoms with E-state index in [1.54, 1.807) is 9.47 Å². The number of anilines is 1. The third-order valence-electron chi connectivity index (χ3n) is 5.92. The fourth-order valence-electron chi connectivity index (χ4n) is 4.26. The highest BCUT2D eigenvalue weighted by molar-refractivity contribution is 7.99. The molecule has 0 saturated carbocycles. The maximum atomic E-state index is 13.2. The summed E-state index contributed by atoms with van der Waals surface area (Å²) in [7, 11) is -4.28. The molecule has 2 fully saturated rings. The van der Waals surface area contributed by atoms with Crippen LogP contribution in [0.3, 0.4) is 0 Å². The summed E-state index contributed by atoms with van der Waals surface area (Å²) in [6, 6.07) is 8.74. The van der Waals surface area contributed by atoms with Crippen LogP contribution in [0.4, 0.5) is 5.69 Å². The number of carbonyl (C=O) groups is 1. The lowest BCUT2D eigenvalue weighted by atomic mass is 10.1. The maximum Gasteiger partial charge on any atom is 0.237 e. The normalized spacial score (nSPS) is 23.9. The van der Waals surface area contributed by atoms with Crippen LogP contribution in [0.2, 0.25) is 0 Å². The molecule has 9 nitrogen and oxygen atoms in total. The van der Waals surface area contributed by atoms with Crippen molar-refractivity contribution < 1.29 is 21.6 Å². The van der Waals surface area contributed by atoms with Gasteiger partial charge in [-0.15, -0.1) is 10.2 Å². The van der Waals surface area contributed by atoms with E-state index in [2.05, 4.69) is 10.2 Å². The molecule has 0 unspecified atom stereocenters. The van der Waals surface area contributed by atoms with Gasteiger partial charge in [0, 0.05) is 19.2 Å². The molecule has 0 N–H and O–H groups in total. The average molecular weight is 499 g/mol. The van der Waals surface area contributed by atoms with Crippen molar-refractivity contribution in [3.63, 3.8) is 0 Å². The molecule has 2 saturated heterocycles. The topological polar surface area (TPSA) is 119 Å². The Morgan fingerprint density at radius 3 is 2.38 bits per heavy atom. The van der Waals surface area contributed by atoms with Crippen molar-refractivity contribution in [2.45, 2.75) is 30.5 Å². The Labute approximate surface area is 192 Å². The van der Waals surface area contributed by atoms with E-state index in [-0.39, 0.29) is 46.6 Å². The average Bonchev–Trinajstić information content (AvgIpc) is 3.39. The molecule has 0 aliphatic carbocycles. The van der Waals surface area contributed by atoms with Crippen molar-refractivity contribution in [2.75, 3.05) is 33.7 Å². The van der Waals surface area contributed by atoms with E-state index in [0.717, 1.165) is 0 Å². The monoisotopic (exact) mass is 498 g/mol. The smallest absolute Gasteiger partial charge is 0.237 e. The van der Waals surface area contributed by atoms with Crippen molar-refractivity contribution in [1.82, 2.24) is 14.8 Å². The van der Waals surface area contributed by atoms with Gasteiger partial charge in [0.2, 0.25) is 5.91 Å². The summed E-state index contributed by atoms with van der Waals surface area (Å²) in [6.07, 6.45) is 1.59.